The molecule has 2 aromatic rings. The summed E-state index contributed by atoms with van der Waals surface area (Å²) in [6, 6.07) is 0.176. The monoisotopic (exact) mass is 334 g/mol. The summed E-state index contributed by atoms with van der Waals surface area (Å²) >= 11 is 0. The van der Waals surface area contributed by atoms with Crippen molar-refractivity contribution in [1.29, 1.82) is 0 Å². The molecule has 0 spiro atoms. The van der Waals surface area contributed by atoms with E-state index in [2.05, 4.69) is 32.2 Å². The number of allylic oxidation sites excluding steroid dienone is 4. The summed E-state index contributed by atoms with van der Waals surface area (Å²) in [5.41, 5.74) is 0.750. The first kappa shape index (κ1) is 17.6. The molecule has 0 aliphatic rings. The Morgan fingerprint density at radius 1 is 1.33 bits per heavy atom. The predicted molar refractivity (Wildman–Crippen MR) is 91.9 cm³/mol. The fourth-order valence-corrected chi connectivity index (χ4v) is 2.03. The van der Waals surface area contributed by atoms with Crippen LogP contribution in [0.25, 0.3) is 11.2 Å². The molecule has 0 unspecified atom stereocenters. The number of rotatable bonds is 6. The summed E-state index contributed by atoms with van der Waals surface area (Å²) in [7, 11) is 1.70. The lowest BCUT2D eigenvalue weighted by atomic mass is 10.3. The molecule has 0 aromatic carbocycles. The van der Waals surface area contributed by atoms with Crippen molar-refractivity contribution in [2.45, 2.75) is 26.8 Å². The maximum absolute atomic E-state index is 14.0. The Hall–Kier alpha value is -2.77. The van der Waals surface area contributed by atoms with Gasteiger partial charge >= 0.3 is 0 Å². The Balaban J connectivity index is 2.42. The summed E-state index contributed by atoms with van der Waals surface area (Å²) in [5.74, 6) is -0.765. The SMILES string of the molecule is C=C/C=C(F)\C(Nc1nc2cnc(NC(C)C)nc2n1C)=C(/C)F. The number of halogens is 2. The van der Waals surface area contributed by atoms with Crippen molar-refractivity contribution in [2.75, 3.05) is 10.6 Å². The normalized spacial score (nSPS) is 13.2. The van der Waals surface area contributed by atoms with Gasteiger partial charge in [0.25, 0.3) is 0 Å². The van der Waals surface area contributed by atoms with Gasteiger partial charge in [-0.25, -0.2) is 18.7 Å². The zero-order valence-electron chi connectivity index (χ0n) is 14.1. The molecule has 8 heteroatoms. The van der Waals surface area contributed by atoms with Crippen LogP contribution >= 0.6 is 0 Å². The van der Waals surface area contributed by atoms with Gasteiger partial charge in [-0.05, 0) is 26.8 Å². The molecule has 0 aliphatic heterocycles. The summed E-state index contributed by atoms with van der Waals surface area (Å²) in [6.07, 6.45) is 3.86. The molecule has 0 aliphatic carbocycles. The van der Waals surface area contributed by atoms with Gasteiger partial charge in [0.05, 0.1) is 6.20 Å². The average Bonchev–Trinajstić information content (AvgIpc) is 2.80. The zero-order valence-corrected chi connectivity index (χ0v) is 14.1. The van der Waals surface area contributed by atoms with Crippen molar-refractivity contribution in [1.82, 2.24) is 19.5 Å². The number of hydrogen-bond donors (Lipinski definition) is 2. The standard InChI is InChI=1S/C16H20F2N6/c1-6-7-11(18)13(10(4)17)22-16-21-12-8-19-15(20-9(2)3)23-14(12)24(16)5/h6-9H,1H2,2-5H3,(H,21,22)(H,19,20,23)/b11-7+,13-10-. The van der Waals surface area contributed by atoms with E-state index in [0.29, 0.717) is 17.1 Å². The highest BCUT2D eigenvalue weighted by Gasteiger charge is 2.15. The van der Waals surface area contributed by atoms with Crippen LogP contribution in [0.5, 0.6) is 0 Å². The third-order valence-corrected chi connectivity index (χ3v) is 3.11. The minimum Gasteiger partial charge on any atom is -0.352 e. The Bertz CT molecular complexity index is 815. The van der Waals surface area contributed by atoms with Crippen LogP contribution in [0.15, 0.2) is 42.3 Å². The van der Waals surface area contributed by atoms with E-state index in [1.54, 1.807) is 17.8 Å². The first-order valence-electron chi connectivity index (χ1n) is 7.41. The average molecular weight is 334 g/mol. The van der Waals surface area contributed by atoms with Gasteiger partial charge < -0.3 is 10.6 Å². The minimum absolute atomic E-state index is 0.176. The third kappa shape index (κ3) is 3.76. The maximum atomic E-state index is 14.0. The highest BCUT2D eigenvalue weighted by atomic mass is 19.1. The Kier molecular flexibility index (Phi) is 5.28. The van der Waals surface area contributed by atoms with Crippen LogP contribution in [0.4, 0.5) is 20.7 Å². The van der Waals surface area contributed by atoms with Crippen molar-refractivity contribution < 1.29 is 8.78 Å². The van der Waals surface area contributed by atoms with Gasteiger partial charge in [0.15, 0.2) is 5.65 Å². The summed E-state index contributed by atoms with van der Waals surface area (Å²) in [4.78, 5) is 12.8. The maximum Gasteiger partial charge on any atom is 0.224 e. The largest absolute Gasteiger partial charge is 0.352 e. The van der Waals surface area contributed by atoms with Crippen LogP contribution in [0.2, 0.25) is 0 Å². The molecule has 6 nitrogen and oxygen atoms in total. The molecule has 0 fully saturated rings. The van der Waals surface area contributed by atoms with Gasteiger partial charge in [0.1, 0.15) is 22.9 Å². The number of anilines is 2. The van der Waals surface area contributed by atoms with Crippen LogP contribution in [-0.4, -0.2) is 25.6 Å². The van der Waals surface area contributed by atoms with Crippen molar-refractivity contribution in [3.8, 4) is 0 Å². The van der Waals surface area contributed by atoms with Gasteiger partial charge in [-0.3, -0.25) is 4.57 Å². The second-order valence-electron chi connectivity index (χ2n) is 5.48. The van der Waals surface area contributed by atoms with Crippen LogP contribution in [-0.2, 0) is 7.05 Å². The molecule has 2 rings (SSSR count). The van der Waals surface area contributed by atoms with E-state index in [1.807, 2.05) is 13.8 Å². The summed E-state index contributed by atoms with van der Waals surface area (Å²) in [6.45, 7) is 8.50. The summed E-state index contributed by atoms with van der Waals surface area (Å²) in [5, 5.41) is 5.75. The zero-order chi connectivity index (χ0) is 17.9. The highest BCUT2D eigenvalue weighted by Crippen LogP contribution is 2.23. The van der Waals surface area contributed by atoms with Gasteiger partial charge in [-0.15, -0.1) is 0 Å². The van der Waals surface area contributed by atoms with E-state index in [9.17, 15) is 8.78 Å². The molecule has 24 heavy (non-hydrogen) atoms. The first-order valence-corrected chi connectivity index (χ1v) is 7.41. The quantitative estimate of drug-likeness (QED) is 0.786. The van der Waals surface area contributed by atoms with E-state index < -0.39 is 11.7 Å². The van der Waals surface area contributed by atoms with Crippen molar-refractivity contribution in [3.05, 3.63) is 42.3 Å². The fourth-order valence-electron chi connectivity index (χ4n) is 2.03. The predicted octanol–water partition coefficient (Wildman–Crippen LogP) is 3.84. The van der Waals surface area contributed by atoms with Gasteiger partial charge in [-0.2, -0.15) is 4.98 Å². The van der Waals surface area contributed by atoms with E-state index in [1.165, 1.54) is 6.08 Å². The van der Waals surface area contributed by atoms with E-state index in [0.717, 1.165) is 13.0 Å². The van der Waals surface area contributed by atoms with Gasteiger partial charge in [0.2, 0.25) is 11.9 Å². The van der Waals surface area contributed by atoms with Gasteiger partial charge in [0, 0.05) is 13.1 Å². The molecule has 0 radical (unpaired) electrons. The Morgan fingerprint density at radius 3 is 2.62 bits per heavy atom. The molecule has 2 N–H and O–H groups in total. The third-order valence-electron chi connectivity index (χ3n) is 3.11. The summed E-state index contributed by atoms with van der Waals surface area (Å²) < 4.78 is 29.2. The van der Waals surface area contributed by atoms with Crippen LogP contribution in [0, 0.1) is 0 Å². The van der Waals surface area contributed by atoms with Crippen molar-refractivity contribution in [3.63, 3.8) is 0 Å². The lowest BCUT2D eigenvalue weighted by Gasteiger charge is -2.09. The van der Waals surface area contributed by atoms with Crippen LogP contribution < -0.4 is 10.6 Å². The highest BCUT2D eigenvalue weighted by molar-refractivity contribution is 5.75. The second-order valence-corrected chi connectivity index (χ2v) is 5.48. The number of nitrogens with one attached hydrogen (secondary N) is 2. The van der Waals surface area contributed by atoms with Crippen LogP contribution in [0.3, 0.4) is 0 Å². The van der Waals surface area contributed by atoms with Crippen LogP contribution in [0.1, 0.15) is 20.8 Å². The van der Waals surface area contributed by atoms with E-state index in [4.69, 9.17) is 0 Å². The number of fused-ring (bicyclic) bond motifs is 1. The van der Waals surface area contributed by atoms with E-state index >= 15 is 0 Å². The number of aryl methyl sites for hydroxylation is 1. The minimum atomic E-state index is -0.773. The molecule has 0 bridgehead atoms. The lowest BCUT2D eigenvalue weighted by molar-refractivity contribution is 0.596. The Labute approximate surface area is 139 Å². The molecular weight excluding hydrogens is 314 g/mol. The van der Waals surface area contributed by atoms with Gasteiger partial charge in [-0.1, -0.05) is 12.7 Å². The molecule has 0 amide bonds. The second kappa shape index (κ2) is 7.20. The molecular formula is C16H20F2N6. The van der Waals surface area contributed by atoms with Crippen molar-refractivity contribution >= 4 is 23.1 Å². The first-order chi connectivity index (χ1) is 11.3. The van der Waals surface area contributed by atoms with Crippen molar-refractivity contribution in [2.24, 2.45) is 7.05 Å². The number of nitrogens with zero attached hydrogens (tertiary/aromatic N) is 4. The van der Waals surface area contributed by atoms with E-state index in [-0.39, 0.29) is 17.7 Å². The Morgan fingerprint density at radius 2 is 2.04 bits per heavy atom. The smallest absolute Gasteiger partial charge is 0.224 e. The number of imidazole rings is 1. The topological polar surface area (TPSA) is 67.7 Å². The molecule has 0 saturated heterocycles. The molecule has 2 heterocycles. The number of aromatic nitrogens is 4. The number of hydrogen-bond acceptors (Lipinski definition) is 5. The lowest BCUT2D eigenvalue weighted by Crippen LogP contribution is -2.12. The molecule has 0 atom stereocenters. The molecule has 2 aromatic heterocycles. The molecule has 128 valence electrons. The molecule has 0 saturated carbocycles. The fraction of sp³-hybridized carbons (Fsp3) is 0.312.